The van der Waals surface area contributed by atoms with Crippen LogP contribution in [-0.4, -0.2) is 9.78 Å². The molecule has 0 atom stereocenters. The van der Waals surface area contributed by atoms with Gasteiger partial charge in [-0.2, -0.15) is 13.9 Å². The molecule has 0 aliphatic rings. The minimum atomic E-state index is -3.08. The third-order valence-corrected chi connectivity index (χ3v) is 2.98. The highest BCUT2D eigenvalue weighted by Gasteiger charge is 2.34. The minimum absolute atomic E-state index is 0.166. The van der Waals surface area contributed by atoms with E-state index in [0.29, 0.717) is 10.6 Å². The normalized spacial score (nSPS) is 11.8. The first-order chi connectivity index (χ1) is 8.32. The average molecular weight is 272 g/mol. The number of alkyl halides is 2. The molecule has 2 aromatic rings. The van der Waals surface area contributed by atoms with Crippen LogP contribution in [-0.2, 0) is 13.0 Å². The number of hydrogen-bond donors (Lipinski definition) is 1. The number of aromatic nitrogens is 2. The predicted molar refractivity (Wildman–Crippen MR) is 67.6 cm³/mol. The molecule has 0 aliphatic heterocycles. The van der Waals surface area contributed by atoms with Crippen LogP contribution < -0.4 is 5.73 Å². The highest BCUT2D eigenvalue weighted by Crippen LogP contribution is 2.40. The van der Waals surface area contributed by atoms with Crippen LogP contribution in [0.25, 0.3) is 11.1 Å². The quantitative estimate of drug-likeness (QED) is 0.909. The highest BCUT2D eigenvalue weighted by molar-refractivity contribution is 6.33. The zero-order chi connectivity index (χ0) is 13.5. The summed E-state index contributed by atoms with van der Waals surface area (Å²) in [5, 5.41) is 4.15. The van der Waals surface area contributed by atoms with Crippen molar-refractivity contribution in [2.75, 3.05) is 5.73 Å². The van der Waals surface area contributed by atoms with Crippen molar-refractivity contribution in [3.05, 3.63) is 35.0 Å². The fourth-order valence-corrected chi connectivity index (χ4v) is 2.00. The molecule has 0 spiro atoms. The fraction of sp³-hybridized carbons (Fsp3) is 0.250. The SMILES string of the molecule is Cn1nc(C(C)(F)F)c(-c2ccccc2Cl)c1N. The van der Waals surface area contributed by atoms with E-state index in [0.717, 1.165) is 6.92 Å². The largest absolute Gasteiger partial charge is 0.383 e. The van der Waals surface area contributed by atoms with E-state index in [-0.39, 0.29) is 17.1 Å². The molecule has 0 aliphatic carbocycles. The van der Waals surface area contributed by atoms with Crippen LogP contribution in [0.5, 0.6) is 0 Å². The molecule has 0 unspecified atom stereocenters. The standard InChI is InChI=1S/C12H12ClF2N3/c1-12(14,15)10-9(11(16)18(2)17-10)7-5-3-4-6-8(7)13/h3-6H,16H2,1-2H3. The van der Waals surface area contributed by atoms with Crippen molar-refractivity contribution >= 4 is 17.4 Å². The molecule has 6 heteroatoms. The van der Waals surface area contributed by atoms with Crippen molar-refractivity contribution in [2.45, 2.75) is 12.8 Å². The molecule has 1 aromatic heterocycles. The Morgan fingerprint density at radius 2 is 1.94 bits per heavy atom. The van der Waals surface area contributed by atoms with Gasteiger partial charge in [0.1, 0.15) is 11.5 Å². The average Bonchev–Trinajstić information content (AvgIpc) is 2.57. The summed E-state index contributed by atoms with van der Waals surface area (Å²) in [6.45, 7) is 0.787. The van der Waals surface area contributed by atoms with Gasteiger partial charge in [0, 0.05) is 24.6 Å². The summed E-state index contributed by atoms with van der Waals surface area (Å²) in [5.74, 6) is -2.91. The second kappa shape index (κ2) is 4.24. The molecule has 0 saturated carbocycles. The van der Waals surface area contributed by atoms with Gasteiger partial charge in [-0.05, 0) is 6.07 Å². The van der Waals surface area contributed by atoms with Crippen molar-refractivity contribution in [3.63, 3.8) is 0 Å². The van der Waals surface area contributed by atoms with E-state index < -0.39 is 5.92 Å². The summed E-state index contributed by atoms with van der Waals surface area (Å²) >= 11 is 6.02. The monoisotopic (exact) mass is 271 g/mol. The van der Waals surface area contributed by atoms with E-state index in [4.69, 9.17) is 17.3 Å². The maximum Gasteiger partial charge on any atom is 0.289 e. The highest BCUT2D eigenvalue weighted by atomic mass is 35.5. The Kier molecular flexibility index (Phi) is 3.02. The maximum absolute atomic E-state index is 13.6. The number of benzene rings is 1. The summed E-state index contributed by atoms with van der Waals surface area (Å²) in [5.41, 5.74) is 6.09. The van der Waals surface area contributed by atoms with Crippen LogP contribution in [0.1, 0.15) is 12.6 Å². The first-order valence-electron chi connectivity index (χ1n) is 5.28. The first kappa shape index (κ1) is 12.8. The zero-order valence-electron chi connectivity index (χ0n) is 9.92. The van der Waals surface area contributed by atoms with E-state index >= 15 is 0 Å². The van der Waals surface area contributed by atoms with Gasteiger partial charge in [0.25, 0.3) is 5.92 Å². The topological polar surface area (TPSA) is 43.8 Å². The number of nitrogens with two attached hydrogens (primary N) is 1. The van der Waals surface area contributed by atoms with Gasteiger partial charge in [0.05, 0.1) is 5.56 Å². The Labute approximate surface area is 108 Å². The second-order valence-electron chi connectivity index (χ2n) is 4.10. The molecule has 0 saturated heterocycles. The number of hydrogen-bond acceptors (Lipinski definition) is 2. The lowest BCUT2D eigenvalue weighted by Crippen LogP contribution is -2.10. The van der Waals surface area contributed by atoms with Crippen LogP contribution in [0, 0.1) is 0 Å². The number of aryl methyl sites for hydroxylation is 1. The summed E-state index contributed by atoms with van der Waals surface area (Å²) in [4.78, 5) is 0. The Hall–Kier alpha value is -1.62. The molecule has 18 heavy (non-hydrogen) atoms. The molecule has 96 valence electrons. The molecule has 1 heterocycles. The molecular weight excluding hydrogens is 260 g/mol. The van der Waals surface area contributed by atoms with E-state index in [1.807, 2.05) is 0 Å². The lowest BCUT2D eigenvalue weighted by Gasteiger charge is -2.11. The number of nitrogen functional groups attached to an aromatic ring is 1. The van der Waals surface area contributed by atoms with Gasteiger partial charge in [-0.3, -0.25) is 4.68 Å². The Morgan fingerprint density at radius 1 is 1.33 bits per heavy atom. The van der Waals surface area contributed by atoms with Crippen molar-refractivity contribution in [1.82, 2.24) is 9.78 Å². The van der Waals surface area contributed by atoms with Gasteiger partial charge >= 0.3 is 0 Å². The van der Waals surface area contributed by atoms with E-state index in [1.165, 1.54) is 11.7 Å². The molecule has 0 fully saturated rings. The summed E-state index contributed by atoms with van der Waals surface area (Å²) in [7, 11) is 1.52. The number of halogens is 3. The van der Waals surface area contributed by atoms with Crippen LogP contribution >= 0.6 is 11.6 Å². The number of rotatable bonds is 2. The Balaban J connectivity index is 2.75. The van der Waals surface area contributed by atoms with Gasteiger partial charge in [0.15, 0.2) is 0 Å². The van der Waals surface area contributed by atoms with Crippen LogP contribution in [0.15, 0.2) is 24.3 Å². The predicted octanol–water partition coefficient (Wildman–Crippen LogP) is 3.43. The summed E-state index contributed by atoms with van der Waals surface area (Å²) in [6.07, 6.45) is 0. The van der Waals surface area contributed by atoms with Crippen molar-refractivity contribution < 1.29 is 8.78 Å². The van der Waals surface area contributed by atoms with Gasteiger partial charge < -0.3 is 5.73 Å². The van der Waals surface area contributed by atoms with E-state index in [2.05, 4.69) is 5.10 Å². The van der Waals surface area contributed by atoms with Crippen molar-refractivity contribution in [1.29, 1.82) is 0 Å². The first-order valence-corrected chi connectivity index (χ1v) is 5.66. The molecule has 2 N–H and O–H groups in total. The van der Waals surface area contributed by atoms with Crippen LogP contribution in [0.3, 0.4) is 0 Å². The molecular formula is C12H12ClF2N3. The van der Waals surface area contributed by atoms with Gasteiger partial charge in [-0.1, -0.05) is 29.8 Å². The minimum Gasteiger partial charge on any atom is -0.383 e. The molecule has 3 nitrogen and oxygen atoms in total. The lowest BCUT2D eigenvalue weighted by molar-refractivity contribution is 0.0128. The molecule has 0 radical (unpaired) electrons. The zero-order valence-corrected chi connectivity index (χ0v) is 10.7. The molecule has 0 amide bonds. The van der Waals surface area contributed by atoms with Crippen molar-refractivity contribution in [2.24, 2.45) is 7.05 Å². The summed E-state index contributed by atoms with van der Waals surface area (Å²) in [6, 6.07) is 6.71. The number of nitrogens with zero attached hydrogens (tertiary/aromatic N) is 2. The van der Waals surface area contributed by atoms with Gasteiger partial charge in [0.2, 0.25) is 0 Å². The lowest BCUT2D eigenvalue weighted by atomic mass is 10.0. The summed E-state index contributed by atoms with van der Waals surface area (Å²) < 4.78 is 28.3. The maximum atomic E-state index is 13.6. The molecule has 0 bridgehead atoms. The van der Waals surface area contributed by atoms with E-state index in [9.17, 15) is 8.78 Å². The van der Waals surface area contributed by atoms with Crippen molar-refractivity contribution in [3.8, 4) is 11.1 Å². The second-order valence-corrected chi connectivity index (χ2v) is 4.51. The van der Waals surface area contributed by atoms with Gasteiger partial charge in [-0.25, -0.2) is 0 Å². The number of anilines is 1. The molecule has 1 aromatic carbocycles. The Morgan fingerprint density at radius 3 is 2.50 bits per heavy atom. The Bertz CT molecular complexity index is 587. The third kappa shape index (κ3) is 2.06. The van der Waals surface area contributed by atoms with Crippen LogP contribution in [0.2, 0.25) is 5.02 Å². The van der Waals surface area contributed by atoms with E-state index in [1.54, 1.807) is 24.3 Å². The smallest absolute Gasteiger partial charge is 0.289 e. The van der Waals surface area contributed by atoms with Gasteiger partial charge in [-0.15, -0.1) is 0 Å². The fourth-order valence-electron chi connectivity index (χ4n) is 1.77. The van der Waals surface area contributed by atoms with Crippen LogP contribution in [0.4, 0.5) is 14.6 Å². The third-order valence-electron chi connectivity index (χ3n) is 2.65. The molecule has 2 rings (SSSR count).